The summed E-state index contributed by atoms with van der Waals surface area (Å²) in [4.78, 5) is 11.8. The summed E-state index contributed by atoms with van der Waals surface area (Å²) < 4.78 is 6.81. The van der Waals surface area contributed by atoms with Crippen LogP contribution in [0.1, 0.15) is 18.1 Å². The van der Waals surface area contributed by atoms with E-state index in [2.05, 4.69) is 10.2 Å². The molecule has 0 aliphatic rings. The maximum Gasteiger partial charge on any atom is 0.318 e. The number of carbonyl (C=O) groups is 1. The summed E-state index contributed by atoms with van der Waals surface area (Å²) in [6, 6.07) is 16.3. The SMILES string of the molecule is COC(=O)C(C)Sc1nnc(-c2ccc(C)cc2)n1-c1ccc(C)cc1. The van der Waals surface area contributed by atoms with Gasteiger partial charge in [0.15, 0.2) is 11.0 Å². The molecule has 1 atom stereocenters. The molecule has 6 heteroatoms. The highest BCUT2D eigenvalue weighted by atomic mass is 32.2. The highest BCUT2D eigenvalue weighted by molar-refractivity contribution is 8.00. The van der Waals surface area contributed by atoms with Crippen LogP contribution in [0.2, 0.25) is 0 Å². The Morgan fingerprint density at radius 2 is 1.58 bits per heavy atom. The number of methoxy groups -OCH3 is 1. The Kier molecular flexibility index (Phi) is 5.42. The van der Waals surface area contributed by atoms with Crippen molar-refractivity contribution < 1.29 is 9.53 Å². The third-order valence-corrected chi connectivity index (χ3v) is 5.07. The lowest BCUT2D eigenvalue weighted by Crippen LogP contribution is -2.15. The van der Waals surface area contributed by atoms with Gasteiger partial charge < -0.3 is 4.74 Å². The summed E-state index contributed by atoms with van der Waals surface area (Å²) in [5.74, 6) is 0.457. The number of hydrogen-bond acceptors (Lipinski definition) is 5. The molecule has 0 N–H and O–H groups in total. The average molecular weight is 367 g/mol. The summed E-state index contributed by atoms with van der Waals surface area (Å²) in [7, 11) is 1.39. The van der Waals surface area contributed by atoms with Crippen molar-refractivity contribution in [3.8, 4) is 17.1 Å². The van der Waals surface area contributed by atoms with E-state index >= 15 is 0 Å². The predicted octanol–water partition coefficient (Wildman–Crippen LogP) is 4.20. The number of nitrogens with zero attached hydrogens (tertiary/aromatic N) is 3. The second-order valence-electron chi connectivity index (χ2n) is 6.13. The van der Waals surface area contributed by atoms with Crippen LogP contribution in [0.3, 0.4) is 0 Å². The first-order valence-electron chi connectivity index (χ1n) is 8.33. The first-order valence-corrected chi connectivity index (χ1v) is 9.21. The monoisotopic (exact) mass is 367 g/mol. The van der Waals surface area contributed by atoms with Crippen molar-refractivity contribution in [1.29, 1.82) is 0 Å². The Bertz CT molecular complexity index is 902. The number of hydrogen-bond donors (Lipinski definition) is 0. The van der Waals surface area contributed by atoms with E-state index in [9.17, 15) is 4.79 Å². The van der Waals surface area contributed by atoms with Gasteiger partial charge in [-0.15, -0.1) is 10.2 Å². The Labute approximate surface area is 157 Å². The number of carbonyl (C=O) groups excluding carboxylic acids is 1. The minimum absolute atomic E-state index is 0.287. The van der Waals surface area contributed by atoms with E-state index in [1.54, 1.807) is 6.92 Å². The van der Waals surface area contributed by atoms with Crippen molar-refractivity contribution in [1.82, 2.24) is 14.8 Å². The number of esters is 1. The van der Waals surface area contributed by atoms with Crippen molar-refractivity contribution in [2.24, 2.45) is 0 Å². The van der Waals surface area contributed by atoms with Gasteiger partial charge in [-0.3, -0.25) is 9.36 Å². The van der Waals surface area contributed by atoms with Crippen LogP contribution in [-0.4, -0.2) is 33.1 Å². The molecule has 3 rings (SSSR count). The zero-order chi connectivity index (χ0) is 18.7. The Morgan fingerprint density at radius 1 is 1.00 bits per heavy atom. The van der Waals surface area contributed by atoms with Gasteiger partial charge in [0.05, 0.1) is 7.11 Å². The lowest BCUT2D eigenvalue weighted by molar-refractivity contribution is -0.139. The van der Waals surface area contributed by atoms with Gasteiger partial charge in [0.1, 0.15) is 5.25 Å². The van der Waals surface area contributed by atoms with Gasteiger partial charge >= 0.3 is 5.97 Å². The van der Waals surface area contributed by atoms with Crippen LogP contribution in [0.25, 0.3) is 17.1 Å². The first-order chi connectivity index (χ1) is 12.5. The molecule has 1 aromatic heterocycles. The van der Waals surface area contributed by atoms with Crippen molar-refractivity contribution >= 4 is 17.7 Å². The van der Waals surface area contributed by atoms with E-state index in [4.69, 9.17) is 4.74 Å². The van der Waals surface area contributed by atoms with Crippen LogP contribution in [0, 0.1) is 13.8 Å². The molecule has 0 fully saturated rings. The van der Waals surface area contributed by atoms with Crippen LogP contribution >= 0.6 is 11.8 Å². The minimum atomic E-state index is -0.376. The van der Waals surface area contributed by atoms with Crippen LogP contribution in [0.15, 0.2) is 53.7 Å². The second kappa shape index (κ2) is 7.74. The zero-order valence-corrected chi connectivity index (χ0v) is 16.1. The van der Waals surface area contributed by atoms with Crippen LogP contribution in [0.5, 0.6) is 0 Å². The predicted molar refractivity (Wildman–Crippen MR) is 104 cm³/mol. The van der Waals surface area contributed by atoms with E-state index in [1.165, 1.54) is 30.0 Å². The smallest absolute Gasteiger partial charge is 0.318 e. The van der Waals surface area contributed by atoms with E-state index in [1.807, 2.05) is 66.9 Å². The maximum atomic E-state index is 11.8. The Morgan fingerprint density at radius 3 is 2.15 bits per heavy atom. The highest BCUT2D eigenvalue weighted by Gasteiger charge is 2.22. The van der Waals surface area contributed by atoms with Crippen LogP contribution in [-0.2, 0) is 9.53 Å². The molecule has 1 heterocycles. The quantitative estimate of drug-likeness (QED) is 0.499. The van der Waals surface area contributed by atoms with Gasteiger partial charge in [-0.25, -0.2) is 0 Å². The largest absolute Gasteiger partial charge is 0.468 e. The maximum absolute atomic E-state index is 11.8. The number of aryl methyl sites for hydroxylation is 2. The lowest BCUT2D eigenvalue weighted by Gasteiger charge is -2.13. The average Bonchev–Trinajstić information content (AvgIpc) is 3.05. The molecule has 0 aliphatic carbocycles. The molecule has 3 aromatic rings. The fourth-order valence-corrected chi connectivity index (χ4v) is 3.43. The molecular weight excluding hydrogens is 346 g/mol. The van der Waals surface area contributed by atoms with Gasteiger partial charge in [-0.1, -0.05) is 59.3 Å². The van der Waals surface area contributed by atoms with Gasteiger partial charge in [0.25, 0.3) is 0 Å². The van der Waals surface area contributed by atoms with Crippen LogP contribution in [0.4, 0.5) is 0 Å². The number of ether oxygens (including phenoxy) is 1. The van der Waals surface area contributed by atoms with E-state index < -0.39 is 0 Å². The van der Waals surface area contributed by atoms with Gasteiger partial charge in [-0.2, -0.15) is 0 Å². The fourth-order valence-electron chi connectivity index (χ4n) is 2.53. The van der Waals surface area contributed by atoms with E-state index in [0.717, 1.165) is 17.1 Å². The second-order valence-corrected chi connectivity index (χ2v) is 7.43. The Hall–Kier alpha value is -2.60. The summed E-state index contributed by atoms with van der Waals surface area (Å²) >= 11 is 1.34. The topological polar surface area (TPSA) is 57.0 Å². The molecule has 0 radical (unpaired) electrons. The number of rotatable bonds is 5. The third-order valence-electron chi connectivity index (χ3n) is 4.05. The van der Waals surface area contributed by atoms with Gasteiger partial charge in [0, 0.05) is 11.3 Å². The third kappa shape index (κ3) is 3.80. The molecule has 1 unspecified atom stereocenters. The molecule has 134 valence electrons. The van der Waals surface area contributed by atoms with Crippen LogP contribution < -0.4 is 0 Å². The molecule has 0 saturated carbocycles. The first kappa shape index (κ1) is 18.2. The summed E-state index contributed by atoms with van der Waals surface area (Å²) in [5.41, 5.74) is 4.29. The van der Waals surface area contributed by atoms with Gasteiger partial charge in [0.2, 0.25) is 0 Å². The molecule has 2 aromatic carbocycles. The standard InChI is InChI=1S/C20H21N3O2S/c1-13-5-9-16(10-6-13)18-21-22-20(26-15(3)19(24)25-4)23(18)17-11-7-14(2)8-12-17/h5-12,15H,1-4H3. The number of benzene rings is 2. The summed E-state index contributed by atoms with van der Waals surface area (Å²) in [6.07, 6.45) is 0. The molecule has 26 heavy (non-hydrogen) atoms. The molecule has 0 aliphatic heterocycles. The summed E-state index contributed by atoms with van der Waals surface area (Å²) in [5, 5.41) is 9.01. The molecule has 0 spiro atoms. The minimum Gasteiger partial charge on any atom is -0.468 e. The van der Waals surface area contributed by atoms with Crippen molar-refractivity contribution in [2.75, 3.05) is 7.11 Å². The fraction of sp³-hybridized carbons (Fsp3) is 0.250. The highest BCUT2D eigenvalue weighted by Crippen LogP contribution is 2.30. The molecular formula is C20H21N3O2S. The van der Waals surface area contributed by atoms with Crippen molar-refractivity contribution in [2.45, 2.75) is 31.2 Å². The van der Waals surface area contributed by atoms with E-state index in [0.29, 0.717) is 5.16 Å². The normalized spacial score (nSPS) is 12.0. The Balaban J connectivity index is 2.09. The molecule has 0 saturated heterocycles. The molecule has 0 bridgehead atoms. The number of aromatic nitrogens is 3. The zero-order valence-electron chi connectivity index (χ0n) is 15.3. The van der Waals surface area contributed by atoms with Crippen molar-refractivity contribution in [3.63, 3.8) is 0 Å². The van der Waals surface area contributed by atoms with E-state index in [-0.39, 0.29) is 11.2 Å². The van der Waals surface area contributed by atoms with Crippen molar-refractivity contribution in [3.05, 3.63) is 59.7 Å². The lowest BCUT2D eigenvalue weighted by atomic mass is 10.1. The van der Waals surface area contributed by atoms with Gasteiger partial charge in [-0.05, 0) is 32.9 Å². The number of thioether (sulfide) groups is 1. The molecule has 5 nitrogen and oxygen atoms in total. The molecule has 0 amide bonds. The summed E-state index contributed by atoms with van der Waals surface area (Å²) in [6.45, 7) is 5.90.